The average molecular weight is 246 g/mol. The van der Waals surface area contributed by atoms with Crippen molar-refractivity contribution in [1.29, 1.82) is 0 Å². The second kappa shape index (κ2) is 3.75. The minimum absolute atomic E-state index is 0.174. The number of aromatic hydroxyl groups is 1. The highest BCUT2D eigenvalue weighted by atomic mass is 35.5. The van der Waals surface area contributed by atoms with Crippen molar-refractivity contribution >= 4 is 22.6 Å². The Morgan fingerprint density at radius 2 is 2.00 bits per heavy atom. The Bertz CT molecular complexity index is 693. The van der Waals surface area contributed by atoms with E-state index in [9.17, 15) is 5.11 Å². The topological polar surface area (TPSA) is 61.8 Å². The van der Waals surface area contributed by atoms with Crippen LogP contribution in [0.3, 0.4) is 0 Å². The van der Waals surface area contributed by atoms with Crippen LogP contribution in [0, 0.1) is 0 Å². The average Bonchev–Trinajstić information content (AvgIpc) is 2.71. The highest BCUT2D eigenvalue weighted by molar-refractivity contribution is 6.35. The number of rotatable bonds is 1. The molecule has 2 heterocycles. The highest BCUT2D eigenvalue weighted by Crippen LogP contribution is 2.30. The maximum Gasteiger partial charge on any atom is 0.161 e. The van der Waals surface area contributed by atoms with Gasteiger partial charge in [0.15, 0.2) is 5.65 Å². The molecular weight excluding hydrogens is 238 g/mol. The lowest BCUT2D eigenvalue weighted by atomic mass is 10.1. The smallest absolute Gasteiger partial charge is 0.161 e. The van der Waals surface area contributed by atoms with Gasteiger partial charge in [-0.3, -0.25) is 0 Å². The molecule has 0 atom stereocenters. The van der Waals surface area contributed by atoms with Gasteiger partial charge in [0, 0.05) is 17.1 Å². The number of aromatic nitrogens is 3. The van der Waals surface area contributed by atoms with Crippen LogP contribution in [-0.2, 0) is 0 Å². The molecule has 3 aromatic rings. The zero-order chi connectivity index (χ0) is 11.8. The summed E-state index contributed by atoms with van der Waals surface area (Å²) in [5.74, 6) is 0.174. The fourth-order valence-corrected chi connectivity index (χ4v) is 1.91. The minimum atomic E-state index is 0.174. The molecule has 0 fully saturated rings. The van der Waals surface area contributed by atoms with Crippen molar-refractivity contribution in [2.45, 2.75) is 0 Å². The lowest BCUT2D eigenvalue weighted by Gasteiger charge is -2.02. The molecule has 5 heteroatoms. The van der Waals surface area contributed by atoms with Crippen LogP contribution in [0.1, 0.15) is 0 Å². The predicted molar refractivity (Wildman–Crippen MR) is 66.0 cm³/mol. The van der Waals surface area contributed by atoms with Crippen molar-refractivity contribution in [3.8, 4) is 17.0 Å². The van der Waals surface area contributed by atoms with E-state index in [4.69, 9.17) is 11.6 Å². The molecular formula is C12H8ClN3O. The zero-order valence-electron chi connectivity index (χ0n) is 8.68. The number of phenols is 1. The molecule has 2 N–H and O–H groups in total. The molecule has 2 aromatic heterocycles. The van der Waals surface area contributed by atoms with Gasteiger partial charge in [0.25, 0.3) is 0 Å². The molecule has 0 aliphatic rings. The molecule has 3 rings (SSSR count). The summed E-state index contributed by atoms with van der Waals surface area (Å²) in [6.45, 7) is 0. The minimum Gasteiger partial charge on any atom is -0.507 e. The van der Waals surface area contributed by atoms with E-state index in [1.807, 2.05) is 6.07 Å². The van der Waals surface area contributed by atoms with Crippen LogP contribution in [0.2, 0.25) is 5.02 Å². The van der Waals surface area contributed by atoms with Gasteiger partial charge in [0.05, 0.1) is 10.7 Å². The Hall–Kier alpha value is -2.07. The van der Waals surface area contributed by atoms with Gasteiger partial charge in [-0.2, -0.15) is 0 Å². The monoisotopic (exact) mass is 245 g/mol. The van der Waals surface area contributed by atoms with Crippen LogP contribution in [0.5, 0.6) is 5.75 Å². The summed E-state index contributed by atoms with van der Waals surface area (Å²) in [6, 6.07) is 8.79. The molecule has 4 nitrogen and oxygen atoms in total. The summed E-state index contributed by atoms with van der Waals surface area (Å²) in [7, 11) is 0. The Morgan fingerprint density at radius 3 is 2.82 bits per heavy atom. The number of nitrogens with zero attached hydrogens (tertiary/aromatic N) is 2. The Labute approximate surface area is 102 Å². The fraction of sp³-hybridized carbons (Fsp3) is 0. The van der Waals surface area contributed by atoms with E-state index in [0.717, 1.165) is 5.39 Å². The van der Waals surface area contributed by atoms with E-state index in [2.05, 4.69) is 15.2 Å². The second-order valence-corrected chi connectivity index (χ2v) is 4.05. The molecule has 84 valence electrons. The maximum atomic E-state index is 9.75. The van der Waals surface area contributed by atoms with Crippen molar-refractivity contribution in [1.82, 2.24) is 15.2 Å². The normalized spacial score (nSPS) is 10.9. The van der Waals surface area contributed by atoms with Gasteiger partial charge in [-0.1, -0.05) is 23.7 Å². The van der Waals surface area contributed by atoms with E-state index in [-0.39, 0.29) is 5.75 Å². The first-order valence-corrected chi connectivity index (χ1v) is 5.42. The second-order valence-electron chi connectivity index (χ2n) is 3.65. The SMILES string of the molecule is Oc1ccccc1-c1cc2c(Cl)c[nH]c2nn1. The fourth-order valence-electron chi connectivity index (χ4n) is 1.71. The first-order chi connectivity index (χ1) is 8.25. The zero-order valence-corrected chi connectivity index (χ0v) is 9.44. The van der Waals surface area contributed by atoms with E-state index in [1.54, 1.807) is 30.5 Å². The molecule has 17 heavy (non-hydrogen) atoms. The van der Waals surface area contributed by atoms with E-state index in [1.165, 1.54) is 0 Å². The summed E-state index contributed by atoms with van der Waals surface area (Å²) < 4.78 is 0. The van der Waals surface area contributed by atoms with Crippen molar-refractivity contribution in [3.05, 3.63) is 41.6 Å². The molecule has 0 bridgehead atoms. The quantitative estimate of drug-likeness (QED) is 0.693. The van der Waals surface area contributed by atoms with E-state index >= 15 is 0 Å². The molecule has 0 saturated heterocycles. The number of H-pyrrole nitrogens is 1. The van der Waals surface area contributed by atoms with Gasteiger partial charge in [-0.25, -0.2) is 0 Å². The van der Waals surface area contributed by atoms with Crippen LogP contribution in [0.4, 0.5) is 0 Å². The number of nitrogens with one attached hydrogen (secondary N) is 1. The molecule has 0 aliphatic heterocycles. The van der Waals surface area contributed by atoms with Gasteiger partial charge in [0.1, 0.15) is 5.75 Å². The number of hydrogen-bond acceptors (Lipinski definition) is 3. The van der Waals surface area contributed by atoms with Crippen molar-refractivity contribution < 1.29 is 5.11 Å². The van der Waals surface area contributed by atoms with Crippen LogP contribution in [0.15, 0.2) is 36.5 Å². The molecule has 0 radical (unpaired) electrons. The summed E-state index contributed by atoms with van der Waals surface area (Å²) in [5.41, 5.74) is 1.87. The number of fused-ring (bicyclic) bond motifs is 1. The van der Waals surface area contributed by atoms with Crippen molar-refractivity contribution in [3.63, 3.8) is 0 Å². The lowest BCUT2D eigenvalue weighted by molar-refractivity contribution is 0.477. The summed E-state index contributed by atoms with van der Waals surface area (Å²) in [5, 5.41) is 19.2. The molecule has 0 amide bonds. The highest BCUT2D eigenvalue weighted by Gasteiger charge is 2.09. The first kappa shape index (κ1) is 10.1. The number of para-hydroxylation sites is 1. The Morgan fingerprint density at radius 1 is 1.18 bits per heavy atom. The number of benzene rings is 1. The first-order valence-electron chi connectivity index (χ1n) is 5.04. The molecule has 0 aliphatic carbocycles. The van der Waals surface area contributed by atoms with Crippen molar-refractivity contribution in [2.24, 2.45) is 0 Å². The number of phenolic OH excluding ortho intramolecular Hbond substituents is 1. The third-order valence-corrected chi connectivity index (χ3v) is 2.88. The Kier molecular flexibility index (Phi) is 2.23. The van der Waals surface area contributed by atoms with Gasteiger partial charge in [-0.05, 0) is 18.2 Å². The molecule has 0 unspecified atom stereocenters. The number of aromatic amines is 1. The largest absolute Gasteiger partial charge is 0.507 e. The van der Waals surface area contributed by atoms with Gasteiger partial charge >= 0.3 is 0 Å². The van der Waals surface area contributed by atoms with Crippen LogP contribution in [0.25, 0.3) is 22.3 Å². The number of halogens is 1. The standard InChI is InChI=1S/C12H8ClN3O/c13-9-6-14-12-8(9)5-10(15-16-12)7-3-1-2-4-11(7)17/h1-6,17H,(H,14,16). The van der Waals surface area contributed by atoms with Crippen molar-refractivity contribution in [2.75, 3.05) is 0 Å². The third kappa shape index (κ3) is 1.62. The molecule has 1 aromatic carbocycles. The third-order valence-electron chi connectivity index (χ3n) is 2.57. The van der Waals surface area contributed by atoms with E-state index < -0.39 is 0 Å². The van der Waals surface area contributed by atoms with Gasteiger partial charge in [0.2, 0.25) is 0 Å². The van der Waals surface area contributed by atoms with Gasteiger partial charge in [-0.15, -0.1) is 10.2 Å². The van der Waals surface area contributed by atoms with Crippen LogP contribution < -0.4 is 0 Å². The molecule has 0 spiro atoms. The van der Waals surface area contributed by atoms with E-state index in [0.29, 0.717) is 21.9 Å². The summed E-state index contributed by atoms with van der Waals surface area (Å²) in [6.07, 6.45) is 1.66. The lowest BCUT2D eigenvalue weighted by Crippen LogP contribution is -1.88. The predicted octanol–water partition coefficient (Wildman–Crippen LogP) is 2.98. The Balaban J connectivity index is 2.24. The van der Waals surface area contributed by atoms with Gasteiger partial charge < -0.3 is 10.1 Å². The summed E-state index contributed by atoms with van der Waals surface area (Å²) in [4.78, 5) is 2.91. The van der Waals surface area contributed by atoms with Crippen LogP contribution in [-0.4, -0.2) is 20.3 Å². The van der Waals surface area contributed by atoms with Crippen LogP contribution >= 0.6 is 11.6 Å². The number of hydrogen-bond donors (Lipinski definition) is 2. The maximum absolute atomic E-state index is 9.75. The summed E-state index contributed by atoms with van der Waals surface area (Å²) >= 11 is 6.01. The molecule has 0 saturated carbocycles.